The topological polar surface area (TPSA) is 52.6 Å². The number of carbonyl (C=O) groups excluding carboxylic acids is 1. The largest absolute Gasteiger partial charge is 0.393 e. The predicted molar refractivity (Wildman–Crippen MR) is 76.5 cm³/mol. The van der Waals surface area contributed by atoms with Crippen molar-refractivity contribution in [1.82, 2.24) is 5.32 Å². The van der Waals surface area contributed by atoms with Gasteiger partial charge in [-0.25, -0.2) is 0 Å². The zero-order valence-electron chi connectivity index (χ0n) is 11.6. The molecular weight excluding hydrogens is 240 g/mol. The van der Waals surface area contributed by atoms with Gasteiger partial charge in [-0.2, -0.15) is 0 Å². The first-order valence-corrected chi connectivity index (χ1v) is 6.80. The van der Waals surface area contributed by atoms with Crippen LogP contribution in [0.2, 0.25) is 0 Å². The average Bonchev–Trinajstić information content (AvgIpc) is 2.82. The highest BCUT2D eigenvalue weighted by Gasteiger charge is 2.23. The van der Waals surface area contributed by atoms with Crippen LogP contribution < -0.4 is 10.2 Å². The molecule has 0 saturated heterocycles. The second-order valence-corrected chi connectivity index (χ2v) is 5.48. The standard InChI is InChI=1S/C15H22N2O2/c1-17(2)13-6-4-12(5-7-13)15(19)16-10-11-3-8-14(18)9-11/h4-7,11,14,18H,3,8-10H2,1-2H3,(H,16,19). The highest BCUT2D eigenvalue weighted by Crippen LogP contribution is 2.24. The summed E-state index contributed by atoms with van der Waals surface area (Å²) in [5.41, 5.74) is 1.76. The number of rotatable bonds is 4. The minimum absolute atomic E-state index is 0.0355. The third-order valence-electron chi connectivity index (χ3n) is 3.71. The molecule has 4 nitrogen and oxygen atoms in total. The maximum absolute atomic E-state index is 12.0. The smallest absolute Gasteiger partial charge is 0.251 e. The Kier molecular flexibility index (Phi) is 4.43. The fourth-order valence-corrected chi connectivity index (χ4v) is 2.48. The predicted octanol–water partition coefficient (Wildman–Crippen LogP) is 1.64. The van der Waals surface area contributed by atoms with Crippen LogP contribution in [-0.4, -0.2) is 37.8 Å². The van der Waals surface area contributed by atoms with E-state index < -0.39 is 0 Å². The number of amides is 1. The van der Waals surface area contributed by atoms with Crippen LogP contribution in [0.15, 0.2) is 24.3 Å². The van der Waals surface area contributed by atoms with Crippen molar-refractivity contribution in [3.63, 3.8) is 0 Å². The molecule has 2 atom stereocenters. The van der Waals surface area contributed by atoms with Gasteiger partial charge in [-0.05, 0) is 49.4 Å². The van der Waals surface area contributed by atoms with E-state index >= 15 is 0 Å². The van der Waals surface area contributed by atoms with Gasteiger partial charge in [0, 0.05) is 31.9 Å². The fourth-order valence-electron chi connectivity index (χ4n) is 2.48. The summed E-state index contributed by atoms with van der Waals surface area (Å²) in [7, 11) is 3.95. The van der Waals surface area contributed by atoms with Crippen molar-refractivity contribution in [3.05, 3.63) is 29.8 Å². The Bertz CT molecular complexity index is 428. The van der Waals surface area contributed by atoms with Crippen molar-refractivity contribution in [2.45, 2.75) is 25.4 Å². The Morgan fingerprint density at radius 1 is 1.32 bits per heavy atom. The van der Waals surface area contributed by atoms with E-state index in [1.54, 1.807) is 0 Å². The normalized spacial score (nSPS) is 22.3. The summed E-state index contributed by atoms with van der Waals surface area (Å²) in [6, 6.07) is 7.56. The molecular formula is C15H22N2O2. The zero-order chi connectivity index (χ0) is 13.8. The van der Waals surface area contributed by atoms with Gasteiger partial charge in [-0.3, -0.25) is 4.79 Å². The van der Waals surface area contributed by atoms with E-state index in [1.165, 1.54) is 0 Å². The molecule has 2 unspecified atom stereocenters. The molecule has 2 rings (SSSR count). The lowest BCUT2D eigenvalue weighted by Gasteiger charge is -2.13. The summed E-state index contributed by atoms with van der Waals surface area (Å²) < 4.78 is 0. The number of aliphatic hydroxyl groups excluding tert-OH is 1. The molecule has 4 heteroatoms. The molecule has 0 radical (unpaired) electrons. The molecule has 0 aliphatic heterocycles. The third kappa shape index (κ3) is 3.70. The maximum atomic E-state index is 12.0. The Morgan fingerprint density at radius 2 is 2.00 bits per heavy atom. The quantitative estimate of drug-likeness (QED) is 0.867. The van der Waals surface area contributed by atoms with E-state index in [9.17, 15) is 9.90 Å². The number of nitrogens with one attached hydrogen (secondary N) is 1. The van der Waals surface area contributed by atoms with Gasteiger partial charge in [-0.1, -0.05) is 0 Å². The molecule has 104 valence electrons. The van der Waals surface area contributed by atoms with Gasteiger partial charge in [0.05, 0.1) is 6.10 Å². The molecule has 1 aliphatic carbocycles. The van der Waals surface area contributed by atoms with Crippen LogP contribution in [0.25, 0.3) is 0 Å². The number of carbonyl (C=O) groups is 1. The van der Waals surface area contributed by atoms with Crippen LogP contribution in [0.1, 0.15) is 29.6 Å². The number of aliphatic hydroxyl groups is 1. The Hall–Kier alpha value is -1.55. The van der Waals surface area contributed by atoms with Crippen molar-refractivity contribution in [2.75, 3.05) is 25.5 Å². The van der Waals surface area contributed by atoms with Crippen molar-refractivity contribution in [1.29, 1.82) is 0 Å². The van der Waals surface area contributed by atoms with Crippen LogP contribution in [0.4, 0.5) is 5.69 Å². The Balaban J connectivity index is 1.85. The summed E-state index contributed by atoms with van der Waals surface area (Å²) >= 11 is 0. The molecule has 1 fully saturated rings. The first kappa shape index (κ1) is 13.9. The molecule has 1 aromatic carbocycles. The van der Waals surface area contributed by atoms with E-state index in [4.69, 9.17) is 0 Å². The number of hydrogen-bond donors (Lipinski definition) is 2. The lowest BCUT2D eigenvalue weighted by molar-refractivity contribution is 0.0945. The summed E-state index contributed by atoms with van der Waals surface area (Å²) in [5, 5.41) is 12.4. The van der Waals surface area contributed by atoms with E-state index in [0.717, 1.165) is 24.9 Å². The van der Waals surface area contributed by atoms with Crippen LogP contribution in [0.3, 0.4) is 0 Å². The molecule has 1 saturated carbocycles. The molecule has 19 heavy (non-hydrogen) atoms. The number of anilines is 1. The highest BCUT2D eigenvalue weighted by molar-refractivity contribution is 5.94. The fraction of sp³-hybridized carbons (Fsp3) is 0.533. The lowest BCUT2D eigenvalue weighted by atomic mass is 10.1. The first-order chi connectivity index (χ1) is 9.06. The van der Waals surface area contributed by atoms with Gasteiger partial charge in [0.15, 0.2) is 0 Å². The molecule has 0 heterocycles. The zero-order valence-corrected chi connectivity index (χ0v) is 11.6. The van der Waals surface area contributed by atoms with Crippen molar-refractivity contribution >= 4 is 11.6 Å². The van der Waals surface area contributed by atoms with Crippen molar-refractivity contribution in [3.8, 4) is 0 Å². The number of benzene rings is 1. The third-order valence-corrected chi connectivity index (χ3v) is 3.71. The monoisotopic (exact) mass is 262 g/mol. The van der Waals surface area contributed by atoms with E-state index in [-0.39, 0.29) is 12.0 Å². The Labute approximate surface area is 114 Å². The van der Waals surface area contributed by atoms with Crippen LogP contribution in [0.5, 0.6) is 0 Å². The van der Waals surface area contributed by atoms with E-state index in [2.05, 4.69) is 5.32 Å². The molecule has 0 spiro atoms. The van der Waals surface area contributed by atoms with E-state index in [0.29, 0.717) is 18.0 Å². The lowest BCUT2D eigenvalue weighted by Crippen LogP contribution is -2.28. The SMILES string of the molecule is CN(C)c1ccc(C(=O)NCC2CCC(O)C2)cc1. The van der Waals surface area contributed by atoms with E-state index in [1.807, 2.05) is 43.3 Å². The molecule has 1 amide bonds. The summed E-state index contributed by atoms with van der Waals surface area (Å²) in [5.74, 6) is 0.381. The van der Waals surface area contributed by atoms with Gasteiger partial charge < -0.3 is 15.3 Å². The second kappa shape index (κ2) is 6.06. The van der Waals surface area contributed by atoms with Gasteiger partial charge in [0.1, 0.15) is 0 Å². The summed E-state index contributed by atoms with van der Waals surface area (Å²) in [6.45, 7) is 0.658. The van der Waals surface area contributed by atoms with Crippen LogP contribution in [-0.2, 0) is 0 Å². The molecule has 2 N–H and O–H groups in total. The van der Waals surface area contributed by atoms with Gasteiger partial charge in [-0.15, -0.1) is 0 Å². The van der Waals surface area contributed by atoms with Gasteiger partial charge >= 0.3 is 0 Å². The number of hydrogen-bond acceptors (Lipinski definition) is 3. The highest BCUT2D eigenvalue weighted by atomic mass is 16.3. The first-order valence-electron chi connectivity index (χ1n) is 6.80. The maximum Gasteiger partial charge on any atom is 0.251 e. The Morgan fingerprint density at radius 3 is 2.53 bits per heavy atom. The molecule has 0 aromatic heterocycles. The summed E-state index contributed by atoms with van der Waals surface area (Å²) in [4.78, 5) is 14.0. The van der Waals surface area contributed by atoms with Crippen molar-refractivity contribution < 1.29 is 9.90 Å². The molecule has 1 aliphatic rings. The van der Waals surface area contributed by atoms with Gasteiger partial charge in [0.25, 0.3) is 5.91 Å². The van der Waals surface area contributed by atoms with Crippen LogP contribution in [0, 0.1) is 5.92 Å². The number of nitrogens with zero attached hydrogens (tertiary/aromatic N) is 1. The molecule has 1 aromatic rings. The second-order valence-electron chi connectivity index (χ2n) is 5.48. The average molecular weight is 262 g/mol. The van der Waals surface area contributed by atoms with Crippen molar-refractivity contribution in [2.24, 2.45) is 5.92 Å². The van der Waals surface area contributed by atoms with Crippen LogP contribution >= 0.6 is 0 Å². The minimum Gasteiger partial charge on any atom is -0.393 e. The van der Waals surface area contributed by atoms with Gasteiger partial charge in [0.2, 0.25) is 0 Å². The summed E-state index contributed by atoms with van der Waals surface area (Å²) in [6.07, 6.45) is 2.49. The minimum atomic E-state index is -0.179. The molecule has 0 bridgehead atoms.